The standard InChI is InChI=1S/C10H5BrN4S/c11-10-14-9(16-15-10)8-5-12-6-3-1-2-4-7(6)13-8/h1-5H. The second kappa shape index (κ2) is 3.88. The fourth-order valence-corrected chi connectivity index (χ4v) is 2.40. The van der Waals surface area contributed by atoms with Gasteiger partial charge >= 0.3 is 0 Å². The maximum Gasteiger partial charge on any atom is 0.209 e. The van der Waals surface area contributed by atoms with Crippen LogP contribution >= 0.6 is 27.5 Å². The lowest BCUT2D eigenvalue weighted by Gasteiger charge is -1.97. The number of para-hydroxylation sites is 2. The molecule has 0 unspecified atom stereocenters. The number of halogens is 1. The Morgan fingerprint density at radius 3 is 2.62 bits per heavy atom. The molecule has 0 radical (unpaired) electrons. The Morgan fingerprint density at radius 2 is 1.88 bits per heavy atom. The van der Waals surface area contributed by atoms with E-state index >= 15 is 0 Å². The number of fused-ring (bicyclic) bond motifs is 1. The van der Waals surface area contributed by atoms with Crippen LogP contribution in [0.15, 0.2) is 35.2 Å². The van der Waals surface area contributed by atoms with Gasteiger partial charge in [0.2, 0.25) is 4.73 Å². The Kier molecular flexibility index (Phi) is 2.37. The fourth-order valence-electron chi connectivity index (χ4n) is 1.37. The van der Waals surface area contributed by atoms with Crippen LogP contribution in [-0.4, -0.2) is 19.3 Å². The summed E-state index contributed by atoms with van der Waals surface area (Å²) in [6, 6.07) is 7.75. The van der Waals surface area contributed by atoms with Crippen molar-refractivity contribution in [2.75, 3.05) is 0 Å². The van der Waals surface area contributed by atoms with Gasteiger partial charge in [0.05, 0.1) is 17.2 Å². The van der Waals surface area contributed by atoms with Gasteiger partial charge in [0.15, 0.2) is 5.01 Å². The molecule has 1 aromatic carbocycles. The van der Waals surface area contributed by atoms with Crippen LogP contribution < -0.4 is 0 Å². The minimum atomic E-state index is 0.586. The summed E-state index contributed by atoms with van der Waals surface area (Å²) in [4.78, 5) is 13.0. The van der Waals surface area contributed by atoms with E-state index in [0.29, 0.717) is 4.73 Å². The lowest BCUT2D eigenvalue weighted by Crippen LogP contribution is -1.87. The highest BCUT2D eigenvalue weighted by molar-refractivity contribution is 9.10. The van der Waals surface area contributed by atoms with Gasteiger partial charge in [-0.25, -0.2) is 9.97 Å². The number of aromatic nitrogens is 4. The van der Waals surface area contributed by atoms with Crippen LogP contribution in [0.2, 0.25) is 0 Å². The average Bonchev–Trinajstić information content (AvgIpc) is 2.75. The highest BCUT2D eigenvalue weighted by Gasteiger charge is 2.07. The lowest BCUT2D eigenvalue weighted by atomic mass is 10.3. The third kappa shape index (κ3) is 1.70. The Balaban J connectivity index is 2.18. The molecule has 6 heteroatoms. The van der Waals surface area contributed by atoms with Gasteiger partial charge in [-0.3, -0.25) is 4.98 Å². The Morgan fingerprint density at radius 1 is 1.06 bits per heavy atom. The molecule has 0 N–H and O–H groups in total. The molecule has 0 amide bonds. The molecule has 0 atom stereocenters. The molecule has 3 aromatic rings. The van der Waals surface area contributed by atoms with Crippen molar-refractivity contribution in [2.45, 2.75) is 0 Å². The van der Waals surface area contributed by atoms with Crippen LogP contribution in [0, 0.1) is 0 Å². The van der Waals surface area contributed by atoms with Gasteiger partial charge in [-0.1, -0.05) is 12.1 Å². The van der Waals surface area contributed by atoms with Crippen LogP contribution in [0.1, 0.15) is 0 Å². The summed E-state index contributed by atoms with van der Waals surface area (Å²) in [6.07, 6.45) is 1.72. The minimum Gasteiger partial charge on any atom is -0.252 e. The summed E-state index contributed by atoms with van der Waals surface area (Å²) < 4.78 is 4.64. The van der Waals surface area contributed by atoms with E-state index in [1.165, 1.54) is 11.5 Å². The van der Waals surface area contributed by atoms with Crippen molar-refractivity contribution in [3.63, 3.8) is 0 Å². The van der Waals surface area contributed by atoms with Crippen molar-refractivity contribution >= 4 is 38.5 Å². The van der Waals surface area contributed by atoms with Crippen LogP contribution in [0.5, 0.6) is 0 Å². The van der Waals surface area contributed by atoms with Crippen molar-refractivity contribution in [2.24, 2.45) is 0 Å². The first-order valence-corrected chi connectivity index (χ1v) is 6.11. The van der Waals surface area contributed by atoms with Crippen molar-refractivity contribution in [3.05, 3.63) is 35.2 Å². The molecule has 0 saturated heterocycles. The maximum absolute atomic E-state index is 4.48. The highest BCUT2D eigenvalue weighted by Crippen LogP contribution is 2.22. The smallest absolute Gasteiger partial charge is 0.209 e. The molecule has 0 aliphatic heterocycles. The monoisotopic (exact) mass is 292 g/mol. The summed E-state index contributed by atoms with van der Waals surface area (Å²) in [5.74, 6) is 0. The van der Waals surface area contributed by atoms with Crippen molar-refractivity contribution in [1.29, 1.82) is 0 Å². The fraction of sp³-hybridized carbons (Fsp3) is 0. The molecule has 0 aliphatic rings. The second-order valence-electron chi connectivity index (χ2n) is 3.11. The Bertz CT molecular complexity index is 652. The summed E-state index contributed by atoms with van der Waals surface area (Å²) in [6.45, 7) is 0. The number of benzene rings is 1. The molecule has 2 aromatic heterocycles. The van der Waals surface area contributed by atoms with E-state index in [2.05, 4.69) is 35.3 Å². The molecule has 4 nitrogen and oxygen atoms in total. The van der Waals surface area contributed by atoms with Gasteiger partial charge in [-0.2, -0.15) is 4.37 Å². The molecule has 16 heavy (non-hydrogen) atoms. The molecule has 3 rings (SSSR count). The SMILES string of the molecule is Brc1nsc(-c2cnc3ccccc3n2)n1. The molecule has 0 saturated carbocycles. The third-order valence-electron chi connectivity index (χ3n) is 2.07. The van der Waals surface area contributed by atoms with E-state index in [1.54, 1.807) is 6.20 Å². The molecule has 0 fully saturated rings. The quantitative estimate of drug-likeness (QED) is 0.692. The molecule has 2 heterocycles. The lowest BCUT2D eigenvalue weighted by molar-refractivity contribution is 1.22. The van der Waals surface area contributed by atoms with Crippen LogP contribution in [-0.2, 0) is 0 Å². The zero-order valence-electron chi connectivity index (χ0n) is 7.96. The first-order chi connectivity index (χ1) is 7.83. The van der Waals surface area contributed by atoms with Gasteiger partial charge in [-0.15, -0.1) is 0 Å². The summed E-state index contributed by atoms with van der Waals surface area (Å²) in [5, 5.41) is 0.769. The summed E-state index contributed by atoms with van der Waals surface area (Å²) >= 11 is 4.52. The average molecular weight is 293 g/mol. The predicted molar refractivity (Wildman–Crippen MR) is 66.1 cm³/mol. The zero-order chi connectivity index (χ0) is 11.0. The van der Waals surface area contributed by atoms with E-state index in [0.717, 1.165) is 21.7 Å². The highest BCUT2D eigenvalue weighted by atomic mass is 79.9. The molecular weight excluding hydrogens is 288 g/mol. The minimum absolute atomic E-state index is 0.586. The van der Waals surface area contributed by atoms with E-state index in [1.807, 2.05) is 24.3 Å². The van der Waals surface area contributed by atoms with Gasteiger partial charge in [0.25, 0.3) is 0 Å². The number of hydrogen-bond donors (Lipinski definition) is 0. The Hall–Kier alpha value is -1.40. The van der Waals surface area contributed by atoms with Crippen molar-refractivity contribution in [3.8, 4) is 10.7 Å². The van der Waals surface area contributed by atoms with Gasteiger partial charge in [0, 0.05) is 0 Å². The Labute approximate surface area is 104 Å². The van der Waals surface area contributed by atoms with Crippen LogP contribution in [0.3, 0.4) is 0 Å². The van der Waals surface area contributed by atoms with Gasteiger partial charge in [0.1, 0.15) is 5.69 Å². The second-order valence-corrected chi connectivity index (χ2v) is 4.57. The molecule has 78 valence electrons. The number of hydrogen-bond acceptors (Lipinski definition) is 5. The van der Waals surface area contributed by atoms with E-state index in [4.69, 9.17) is 0 Å². The normalized spacial score (nSPS) is 10.8. The third-order valence-corrected chi connectivity index (χ3v) is 3.40. The zero-order valence-corrected chi connectivity index (χ0v) is 10.4. The maximum atomic E-state index is 4.48. The largest absolute Gasteiger partial charge is 0.252 e. The summed E-state index contributed by atoms with van der Waals surface area (Å²) in [7, 11) is 0. The first-order valence-electron chi connectivity index (χ1n) is 4.54. The van der Waals surface area contributed by atoms with Crippen LogP contribution in [0.25, 0.3) is 21.7 Å². The van der Waals surface area contributed by atoms with Gasteiger partial charge < -0.3 is 0 Å². The molecule has 0 bridgehead atoms. The molecular formula is C10H5BrN4S. The van der Waals surface area contributed by atoms with E-state index in [9.17, 15) is 0 Å². The molecule has 0 aliphatic carbocycles. The van der Waals surface area contributed by atoms with Crippen LogP contribution in [0.4, 0.5) is 0 Å². The van der Waals surface area contributed by atoms with E-state index < -0.39 is 0 Å². The van der Waals surface area contributed by atoms with Crippen molar-refractivity contribution in [1.82, 2.24) is 19.3 Å². The topological polar surface area (TPSA) is 51.6 Å². The molecule has 0 spiro atoms. The summed E-state index contributed by atoms with van der Waals surface area (Å²) in [5.41, 5.74) is 2.50. The number of nitrogens with zero attached hydrogens (tertiary/aromatic N) is 4. The van der Waals surface area contributed by atoms with Crippen molar-refractivity contribution < 1.29 is 0 Å². The van der Waals surface area contributed by atoms with Gasteiger partial charge in [-0.05, 0) is 39.6 Å². The number of rotatable bonds is 1. The van der Waals surface area contributed by atoms with E-state index in [-0.39, 0.29) is 0 Å². The predicted octanol–water partition coefficient (Wildman–Crippen LogP) is 2.91. The first kappa shape index (κ1) is 9.80.